The summed E-state index contributed by atoms with van der Waals surface area (Å²) >= 11 is 0. The number of nitrogens with one attached hydrogen (secondary N) is 1. The van der Waals surface area contributed by atoms with E-state index in [9.17, 15) is 0 Å². The van der Waals surface area contributed by atoms with Crippen molar-refractivity contribution >= 4 is 0 Å². The van der Waals surface area contributed by atoms with Crippen molar-refractivity contribution in [2.45, 2.75) is 19.4 Å². The van der Waals surface area contributed by atoms with E-state index >= 15 is 0 Å². The van der Waals surface area contributed by atoms with Crippen molar-refractivity contribution < 1.29 is 9.47 Å². The van der Waals surface area contributed by atoms with Gasteiger partial charge in [0.1, 0.15) is 0 Å². The highest BCUT2D eigenvalue weighted by Crippen LogP contribution is 2.33. The Morgan fingerprint density at radius 2 is 2.20 bits per heavy atom. The van der Waals surface area contributed by atoms with Crippen LogP contribution in [0.4, 0.5) is 0 Å². The number of para-hydroxylation sites is 1. The van der Waals surface area contributed by atoms with Crippen molar-refractivity contribution in [1.82, 2.24) is 10.2 Å². The van der Waals surface area contributed by atoms with E-state index in [1.165, 1.54) is 25.1 Å². The zero-order valence-electron chi connectivity index (χ0n) is 12.2. The summed E-state index contributed by atoms with van der Waals surface area (Å²) in [6.07, 6.45) is 2.26. The maximum atomic E-state index is 5.85. The highest BCUT2D eigenvalue weighted by atomic mass is 16.5. The van der Waals surface area contributed by atoms with Crippen LogP contribution < -0.4 is 14.8 Å². The lowest BCUT2D eigenvalue weighted by atomic mass is 10.1. The van der Waals surface area contributed by atoms with Gasteiger partial charge in [0.15, 0.2) is 11.5 Å². The zero-order valence-corrected chi connectivity index (χ0v) is 12.2. The number of hydrogen-bond donors (Lipinski definition) is 1. The maximum Gasteiger partial charge on any atom is 0.165 e. The first kappa shape index (κ1) is 13.7. The molecule has 2 aliphatic heterocycles. The van der Waals surface area contributed by atoms with Crippen molar-refractivity contribution in [3.05, 3.63) is 23.8 Å². The number of hydrogen-bond acceptors (Lipinski definition) is 4. The average molecular weight is 276 g/mol. The highest BCUT2D eigenvalue weighted by molar-refractivity contribution is 5.47. The molecule has 110 valence electrons. The van der Waals surface area contributed by atoms with Gasteiger partial charge in [-0.1, -0.05) is 12.1 Å². The fourth-order valence-corrected chi connectivity index (χ4v) is 3.00. The number of nitrogens with zero attached hydrogens (tertiary/aromatic N) is 1. The number of fused-ring (bicyclic) bond motifs is 1. The van der Waals surface area contributed by atoms with Crippen LogP contribution in [0, 0.1) is 5.92 Å². The van der Waals surface area contributed by atoms with Gasteiger partial charge in [-0.15, -0.1) is 0 Å². The lowest BCUT2D eigenvalue weighted by Gasteiger charge is -2.15. The summed E-state index contributed by atoms with van der Waals surface area (Å²) in [6.45, 7) is 5.86. The Morgan fingerprint density at radius 1 is 1.30 bits per heavy atom. The van der Waals surface area contributed by atoms with Crippen LogP contribution in [0.3, 0.4) is 0 Å². The molecule has 20 heavy (non-hydrogen) atoms. The summed E-state index contributed by atoms with van der Waals surface area (Å²) in [5.41, 5.74) is 1.20. The molecule has 1 saturated heterocycles. The number of benzene rings is 1. The van der Waals surface area contributed by atoms with Crippen LogP contribution in [0.15, 0.2) is 18.2 Å². The van der Waals surface area contributed by atoms with Crippen molar-refractivity contribution in [3.8, 4) is 11.5 Å². The second-order valence-corrected chi connectivity index (χ2v) is 5.84. The Bertz CT molecular complexity index is 450. The predicted octanol–water partition coefficient (Wildman–Crippen LogP) is 1.89. The van der Waals surface area contributed by atoms with E-state index in [1.807, 2.05) is 12.1 Å². The van der Waals surface area contributed by atoms with Gasteiger partial charge in [-0.2, -0.15) is 0 Å². The van der Waals surface area contributed by atoms with Crippen LogP contribution in [0.5, 0.6) is 11.5 Å². The summed E-state index contributed by atoms with van der Waals surface area (Å²) in [4.78, 5) is 2.40. The van der Waals surface area contributed by atoms with Crippen LogP contribution in [0.25, 0.3) is 0 Å². The van der Waals surface area contributed by atoms with E-state index in [0.29, 0.717) is 0 Å². The quantitative estimate of drug-likeness (QED) is 0.910. The van der Waals surface area contributed by atoms with E-state index < -0.39 is 0 Å². The van der Waals surface area contributed by atoms with E-state index in [2.05, 4.69) is 23.3 Å². The largest absolute Gasteiger partial charge is 0.490 e. The Hall–Kier alpha value is -1.26. The Balaban J connectivity index is 1.57. The minimum atomic E-state index is 0.747. The fraction of sp³-hybridized carbons (Fsp3) is 0.625. The molecule has 0 aromatic heterocycles. The minimum Gasteiger partial charge on any atom is -0.490 e. The predicted molar refractivity (Wildman–Crippen MR) is 79.4 cm³/mol. The van der Waals surface area contributed by atoms with Gasteiger partial charge in [0, 0.05) is 25.1 Å². The molecule has 4 nitrogen and oxygen atoms in total. The number of ether oxygens (including phenoxy) is 2. The molecule has 0 saturated carbocycles. The number of rotatable bonds is 4. The molecule has 0 amide bonds. The molecule has 3 rings (SSSR count). The third-order valence-corrected chi connectivity index (χ3v) is 4.09. The molecule has 0 bridgehead atoms. The van der Waals surface area contributed by atoms with Crippen LogP contribution in [-0.4, -0.2) is 44.8 Å². The third kappa shape index (κ3) is 3.25. The van der Waals surface area contributed by atoms with Crippen LogP contribution in [0.2, 0.25) is 0 Å². The van der Waals surface area contributed by atoms with E-state index in [-0.39, 0.29) is 0 Å². The van der Waals surface area contributed by atoms with Gasteiger partial charge < -0.3 is 19.7 Å². The van der Waals surface area contributed by atoms with Gasteiger partial charge in [0.25, 0.3) is 0 Å². The maximum absolute atomic E-state index is 5.85. The summed E-state index contributed by atoms with van der Waals surface area (Å²) < 4.78 is 11.6. The van der Waals surface area contributed by atoms with E-state index in [0.717, 1.165) is 50.1 Å². The molecule has 1 atom stereocenters. The first-order chi connectivity index (χ1) is 9.83. The molecule has 2 aliphatic rings. The number of likely N-dealkylation sites (tertiary alicyclic amines) is 1. The molecule has 1 unspecified atom stereocenters. The normalized spacial score (nSPS) is 22.8. The lowest BCUT2D eigenvalue weighted by molar-refractivity contribution is 0.295. The van der Waals surface area contributed by atoms with Crippen molar-refractivity contribution in [2.24, 2.45) is 5.92 Å². The van der Waals surface area contributed by atoms with Gasteiger partial charge in [-0.3, -0.25) is 0 Å². The minimum absolute atomic E-state index is 0.747. The topological polar surface area (TPSA) is 33.7 Å². The van der Waals surface area contributed by atoms with Gasteiger partial charge in [-0.05, 0) is 38.5 Å². The summed E-state index contributed by atoms with van der Waals surface area (Å²) in [5, 5.41) is 3.57. The Kier molecular flexibility index (Phi) is 4.43. The molecule has 0 radical (unpaired) electrons. The molecule has 1 fully saturated rings. The standard InChI is InChI=1S/C16H24N2O2/c1-18-7-6-13(12-18)10-17-11-14-4-2-5-15-16(14)20-9-3-8-19-15/h2,4-5,13,17H,3,6-12H2,1H3. The first-order valence-corrected chi connectivity index (χ1v) is 7.59. The Labute approximate surface area is 121 Å². The van der Waals surface area contributed by atoms with Crippen molar-refractivity contribution in [2.75, 3.05) is 39.9 Å². The molecular weight excluding hydrogens is 252 g/mol. The second-order valence-electron chi connectivity index (χ2n) is 5.84. The Morgan fingerprint density at radius 3 is 3.05 bits per heavy atom. The molecule has 1 aromatic rings. The molecular formula is C16H24N2O2. The van der Waals surface area contributed by atoms with Gasteiger partial charge in [-0.25, -0.2) is 0 Å². The monoisotopic (exact) mass is 276 g/mol. The van der Waals surface area contributed by atoms with Gasteiger partial charge in [0.2, 0.25) is 0 Å². The first-order valence-electron chi connectivity index (χ1n) is 7.59. The second kappa shape index (κ2) is 6.46. The van der Waals surface area contributed by atoms with E-state index in [4.69, 9.17) is 9.47 Å². The van der Waals surface area contributed by atoms with Crippen molar-refractivity contribution in [3.63, 3.8) is 0 Å². The van der Waals surface area contributed by atoms with Crippen LogP contribution in [-0.2, 0) is 6.54 Å². The smallest absolute Gasteiger partial charge is 0.165 e. The molecule has 0 aliphatic carbocycles. The van der Waals surface area contributed by atoms with Crippen LogP contribution >= 0.6 is 0 Å². The van der Waals surface area contributed by atoms with Crippen molar-refractivity contribution in [1.29, 1.82) is 0 Å². The molecule has 1 N–H and O–H groups in total. The van der Waals surface area contributed by atoms with Crippen LogP contribution in [0.1, 0.15) is 18.4 Å². The summed E-state index contributed by atoms with van der Waals surface area (Å²) in [7, 11) is 2.20. The molecule has 0 spiro atoms. The van der Waals surface area contributed by atoms with Gasteiger partial charge >= 0.3 is 0 Å². The fourth-order valence-electron chi connectivity index (χ4n) is 3.00. The highest BCUT2D eigenvalue weighted by Gasteiger charge is 2.19. The summed E-state index contributed by atoms with van der Waals surface area (Å²) in [5.74, 6) is 2.60. The molecule has 2 heterocycles. The molecule has 4 heteroatoms. The van der Waals surface area contributed by atoms with Gasteiger partial charge in [0.05, 0.1) is 13.2 Å². The van der Waals surface area contributed by atoms with E-state index in [1.54, 1.807) is 0 Å². The summed E-state index contributed by atoms with van der Waals surface area (Å²) in [6, 6.07) is 6.17. The SMILES string of the molecule is CN1CCC(CNCc2cccc3c2OCCCO3)C1. The third-order valence-electron chi connectivity index (χ3n) is 4.09. The molecule has 1 aromatic carbocycles. The lowest BCUT2D eigenvalue weighted by Crippen LogP contribution is -2.24. The average Bonchev–Trinajstić information content (AvgIpc) is 2.73. The zero-order chi connectivity index (χ0) is 13.8.